The molecule has 0 unspecified atom stereocenters. The minimum atomic E-state index is -0.0385. The molecule has 0 aromatic heterocycles. The number of thioether (sulfide) groups is 1. The van der Waals surface area contributed by atoms with E-state index in [0.29, 0.717) is 12.1 Å². The average molecular weight is 353 g/mol. The Morgan fingerprint density at radius 2 is 2.20 bits per heavy atom. The number of hydrogen-bond acceptors (Lipinski definition) is 2. The smallest absolute Gasteiger partial charge is 0.252 e. The number of nitrogens with one attached hydrogen (secondary N) is 1. The molecule has 0 fully saturated rings. The first-order chi connectivity index (χ1) is 7.15. The molecule has 0 aliphatic rings. The van der Waals surface area contributed by atoms with Crippen molar-refractivity contribution in [2.75, 3.05) is 18.6 Å². The van der Waals surface area contributed by atoms with Crippen molar-refractivity contribution in [3.8, 4) is 0 Å². The fourth-order valence-electron chi connectivity index (χ4n) is 1.04. The summed E-state index contributed by atoms with van der Waals surface area (Å²) in [5, 5.41) is 2.86. The maximum absolute atomic E-state index is 11.7. The van der Waals surface area contributed by atoms with Crippen molar-refractivity contribution in [3.05, 3.63) is 32.7 Å². The van der Waals surface area contributed by atoms with Crippen LogP contribution in [0.3, 0.4) is 0 Å². The highest BCUT2D eigenvalue weighted by Crippen LogP contribution is 2.21. The Labute approximate surface area is 110 Å². The van der Waals surface area contributed by atoms with Crippen LogP contribution < -0.4 is 5.32 Å². The molecule has 1 amide bonds. The lowest BCUT2D eigenvalue weighted by Crippen LogP contribution is -2.25. The van der Waals surface area contributed by atoms with Gasteiger partial charge in [0.25, 0.3) is 5.91 Å². The number of hydrogen-bond donors (Lipinski definition) is 1. The summed E-state index contributed by atoms with van der Waals surface area (Å²) < 4.78 is 1.76. The Morgan fingerprint density at radius 1 is 1.47 bits per heavy atom. The first kappa shape index (κ1) is 13.1. The third kappa shape index (κ3) is 4.17. The lowest BCUT2D eigenvalue weighted by molar-refractivity contribution is 0.0955. The van der Waals surface area contributed by atoms with Crippen molar-refractivity contribution in [3.63, 3.8) is 0 Å². The highest BCUT2D eigenvalue weighted by molar-refractivity contribution is 9.11. The monoisotopic (exact) mass is 351 g/mol. The summed E-state index contributed by atoms with van der Waals surface area (Å²) in [7, 11) is 0. The predicted octanol–water partition coefficient (Wildman–Crippen LogP) is 3.30. The van der Waals surface area contributed by atoms with Crippen LogP contribution in [0.1, 0.15) is 10.4 Å². The quantitative estimate of drug-likeness (QED) is 0.842. The van der Waals surface area contributed by atoms with Gasteiger partial charge in [-0.1, -0.05) is 15.9 Å². The molecule has 0 bridgehead atoms. The van der Waals surface area contributed by atoms with Crippen LogP contribution in [-0.2, 0) is 0 Å². The van der Waals surface area contributed by atoms with Crippen LogP contribution >= 0.6 is 43.6 Å². The van der Waals surface area contributed by atoms with Crippen LogP contribution in [0.2, 0.25) is 0 Å². The van der Waals surface area contributed by atoms with Crippen molar-refractivity contribution in [1.29, 1.82) is 0 Å². The Bertz CT molecular complexity index is 357. The Morgan fingerprint density at radius 3 is 2.80 bits per heavy atom. The Balaban J connectivity index is 2.65. The van der Waals surface area contributed by atoms with Gasteiger partial charge in [0.05, 0.1) is 5.56 Å². The van der Waals surface area contributed by atoms with Gasteiger partial charge in [-0.15, -0.1) is 0 Å². The number of carbonyl (C=O) groups excluding carboxylic acids is 1. The van der Waals surface area contributed by atoms with E-state index < -0.39 is 0 Å². The summed E-state index contributed by atoms with van der Waals surface area (Å²) in [6.07, 6.45) is 2.02. The largest absolute Gasteiger partial charge is 0.351 e. The van der Waals surface area contributed by atoms with E-state index in [2.05, 4.69) is 37.2 Å². The summed E-state index contributed by atoms with van der Waals surface area (Å²) in [5.74, 6) is 0.892. The second-order valence-corrected chi connectivity index (χ2v) is 5.63. The molecule has 2 nitrogen and oxygen atoms in total. The molecule has 0 spiro atoms. The fourth-order valence-corrected chi connectivity index (χ4v) is 2.57. The molecule has 0 aliphatic carbocycles. The van der Waals surface area contributed by atoms with E-state index in [0.717, 1.165) is 14.7 Å². The fraction of sp³-hybridized carbons (Fsp3) is 0.300. The van der Waals surface area contributed by atoms with Crippen LogP contribution in [0.25, 0.3) is 0 Å². The molecular weight excluding hydrogens is 342 g/mol. The standard InChI is InChI=1S/C10H11Br2NOS/c1-15-5-4-13-10(14)8-3-2-7(11)6-9(8)12/h2-3,6H,4-5H2,1H3,(H,13,14). The van der Waals surface area contributed by atoms with Crippen LogP contribution in [0, 0.1) is 0 Å². The lowest BCUT2D eigenvalue weighted by Gasteiger charge is -2.06. The molecule has 1 rings (SSSR count). The van der Waals surface area contributed by atoms with E-state index >= 15 is 0 Å². The molecule has 0 heterocycles. The van der Waals surface area contributed by atoms with Gasteiger partial charge in [-0.2, -0.15) is 11.8 Å². The summed E-state index contributed by atoms with van der Waals surface area (Å²) in [4.78, 5) is 11.7. The number of benzene rings is 1. The van der Waals surface area contributed by atoms with E-state index in [1.807, 2.05) is 18.4 Å². The summed E-state index contributed by atoms with van der Waals surface area (Å²) in [6.45, 7) is 0.697. The van der Waals surface area contributed by atoms with Crippen LogP contribution in [-0.4, -0.2) is 24.5 Å². The van der Waals surface area contributed by atoms with Crippen molar-refractivity contribution in [2.45, 2.75) is 0 Å². The average Bonchev–Trinajstić information content (AvgIpc) is 2.17. The minimum Gasteiger partial charge on any atom is -0.351 e. The van der Waals surface area contributed by atoms with Gasteiger partial charge < -0.3 is 5.32 Å². The number of carbonyl (C=O) groups is 1. The molecular formula is C10H11Br2NOS. The molecule has 1 N–H and O–H groups in total. The highest BCUT2D eigenvalue weighted by atomic mass is 79.9. The molecule has 5 heteroatoms. The molecule has 1 aromatic carbocycles. The van der Waals surface area contributed by atoms with Gasteiger partial charge in [-0.25, -0.2) is 0 Å². The Kier molecular flexibility index (Phi) is 5.71. The lowest BCUT2D eigenvalue weighted by atomic mass is 10.2. The maximum Gasteiger partial charge on any atom is 0.252 e. The van der Waals surface area contributed by atoms with Gasteiger partial charge in [0, 0.05) is 21.2 Å². The summed E-state index contributed by atoms with van der Waals surface area (Å²) in [5.41, 5.74) is 0.666. The minimum absolute atomic E-state index is 0.0385. The number of halogens is 2. The SMILES string of the molecule is CSCCNC(=O)c1ccc(Br)cc1Br. The van der Waals surface area contributed by atoms with Gasteiger partial charge in [0.1, 0.15) is 0 Å². The van der Waals surface area contributed by atoms with Gasteiger partial charge in [0.15, 0.2) is 0 Å². The zero-order chi connectivity index (χ0) is 11.3. The van der Waals surface area contributed by atoms with Gasteiger partial charge in [0.2, 0.25) is 0 Å². The van der Waals surface area contributed by atoms with Crippen molar-refractivity contribution < 1.29 is 4.79 Å². The molecule has 0 radical (unpaired) electrons. The second-order valence-electron chi connectivity index (χ2n) is 2.87. The van der Waals surface area contributed by atoms with Crippen molar-refractivity contribution >= 4 is 49.5 Å². The normalized spacial score (nSPS) is 10.1. The van der Waals surface area contributed by atoms with Gasteiger partial charge >= 0.3 is 0 Å². The second kappa shape index (κ2) is 6.55. The molecule has 0 aliphatic heterocycles. The van der Waals surface area contributed by atoms with Crippen LogP contribution in [0.15, 0.2) is 27.1 Å². The zero-order valence-corrected chi connectivity index (χ0v) is 12.2. The van der Waals surface area contributed by atoms with Crippen LogP contribution in [0.4, 0.5) is 0 Å². The third-order valence-electron chi connectivity index (χ3n) is 1.77. The first-order valence-corrected chi connectivity index (χ1v) is 7.35. The predicted molar refractivity (Wildman–Crippen MR) is 72.6 cm³/mol. The molecule has 0 saturated heterocycles. The summed E-state index contributed by atoms with van der Waals surface area (Å²) in [6, 6.07) is 5.51. The Hall–Kier alpha value is -0.000000000000000111. The molecule has 82 valence electrons. The summed E-state index contributed by atoms with van der Waals surface area (Å²) >= 11 is 8.42. The third-order valence-corrected chi connectivity index (χ3v) is 3.53. The van der Waals surface area contributed by atoms with E-state index in [4.69, 9.17) is 0 Å². The van der Waals surface area contributed by atoms with E-state index in [9.17, 15) is 4.79 Å². The van der Waals surface area contributed by atoms with Crippen molar-refractivity contribution in [1.82, 2.24) is 5.32 Å². The van der Waals surface area contributed by atoms with Crippen molar-refractivity contribution in [2.24, 2.45) is 0 Å². The molecule has 1 aromatic rings. The molecule has 0 atom stereocenters. The van der Waals surface area contributed by atoms with E-state index in [-0.39, 0.29) is 5.91 Å². The molecule has 0 saturated carbocycles. The highest BCUT2D eigenvalue weighted by Gasteiger charge is 2.08. The van der Waals surface area contributed by atoms with E-state index in [1.54, 1.807) is 17.8 Å². The topological polar surface area (TPSA) is 29.1 Å². The van der Waals surface area contributed by atoms with E-state index in [1.165, 1.54) is 0 Å². The maximum atomic E-state index is 11.7. The van der Waals surface area contributed by atoms with Gasteiger partial charge in [-0.3, -0.25) is 4.79 Å². The molecule has 15 heavy (non-hydrogen) atoms. The van der Waals surface area contributed by atoms with Crippen LogP contribution in [0.5, 0.6) is 0 Å². The first-order valence-electron chi connectivity index (χ1n) is 4.37. The van der Waals surface area contributed by atoms with Gasteiger partial charge in [-0.05, 0) is 40.4 Å². The number of amides is 1. The number of rotatable bonds is 4. The zero-order valence-electron chi connectivity index (χ0n) is 8.22.